The zero-order valence-corrected chi connectivity index (χ0v) is 8.31. The first-order chi connectivity index (χ1) is 4.71. The Bertz CT molecular complexity index is 145. The van der Waals surface area contributed by atoms with Crippen molar-refractivity contribution in [2.45, 2.75) is 19.3 Å². The molecule has 0 aliphatic heterocycles. The van der Waals surface area contributed by atoms with Gasteiger partial charge in [0.1, 0.15) is 0 Å². The highest BCUT2D eigenvalue weighted by atomic mass is 79.9. The standard InChI is InChI=1S/C7H13NO2.BrH/c1-8-5-7(6(9)10)3-2-4-7;/h8H,2-5H2,1H3,(H,9,10);1H. The molecule has 1 rings (SSSR count). The largest absolute Gasteiger partial charge is 0.481 e. The van der Waals surface area contributed by atoms with Gasteiger partial charge in [-0.1, -0.05) is 6.42 Å². The summed E-state index contributed by atoms with van der Waals surface area (Å²) in [4.78, 5) is 10.7. The second-order valence-corrected chi connectivity index (χ2v) is 2.97. The van der Waals surface area contributed by atoms with E-state index in [2.05, 4.69) is 5.32 Å². The Morgan fingerprint density at radius 2 is 2.18 bits per heavy atom. The molecular weight excluding hydrogens is 210 g/mol. The van der Waals surface area contributed by atoms with Crippen LogP contribution in [0.15, 0.2) is 0 Å². The van der Waals surface area contributed by atoms with Crippen molar-refractivity contribution in [2.75, 3.05) is 13.6 Å². The topological polar surface area (TPSA) is 49.3 Å². The molecule has 0 unspecified atom stereocenters. The van der Waals surface area contributed by atoms with Crippen LogP contribution in [0.3, 0.4) is 0 Å². The lowest BCUT2D eigenvalue weighted by Crippen LogP contribution is -2.45. The lowest BCUT2D eigenvalue weighted by Gasteiger charge is -2.37. The minimum Gasteiger partial charge on any atom is -0.481 e. The quantitative estimate of drug-likeness (QED) is 0.752. The molecule has 0 bridgehead atoms. The normalized spacial score (nSPS) is 19.7. The minimum atomic E-state index is -0.645. The summed E-state index contributed by atoms with van der Waals surface area (Å²) in [5, 5.41) is 11.7. The van der Waals surface area contributed by atoms with Crippen LogP contribution in [0.2, 0.25) is 0 Å². The molecule has 1 fully saturated rings. The van der Waals surface area contributed by atoms with E-state index >= 15 is 0 Å². The van der Waals surface area contributed by atoms with Crippen LogP contribution in [-0.2, 0) is 4.79 Å². The van der Waals surface area contributed by atoms with E-state index in [0.29, 0.717) is 6.54 Å². The van der Waals surface area contributed by atoms with Gasteiger partial charge in [0, 0.05) is 6.54 Å². The first-order valence-corrected chi connectivity index (χ1v) is 3.59. The van der Waals surface area contributed by atoms with Crippen LogP contribution in [0.5, 0.6) is 0 Å². The fourth-order valence-corrected chi connectivity index (χ4v) is 1.41. The van der Waals surface area contributed by atoms with Gasteiger partial charge in [-0.05, 0) is 19.9 Å². The van der Waals surface area contributed by atoms with Crippen LogP contribution in [0, 0.1) is 5.41 Å². The molecule has 4 heteroatoms. The SMILES string of the molecule is Br.CNCC1(C(=O)O)CCC1. The van der Waals surface area contributed by atoms with Gasteiger partial charge >= 0.3 is 5.97 Å². The number of rotatable bonds is 3. The van der Waals surface area contributed by atoms with Gasteiger partial charge in [0.25, 0.3) is 0 Å². The molecule has 0 heterocycles. The maximum absolute atomic E-state index is 10.7. The Hall–Kier alpha value is -0.0900. The third kappa shape index (κ3) is 1.93. The molecule has 0 saturated heterocycles. The molecule has 0 atom stereocenters. The van der Waals surface area contributed by atoms with E-state index in [1.54, 1.807) is 7.05 Å². The summed E-state index contributed by atoms with van der Waals surface area (Å²) in [6.45, 7) is 0.613. The van der Waals surface area contributed by atoms with Crippen LogP contribution in [0.4, 0.5) is 0 Å². The van der Waals surface area contributed by atoms with E-state index in [1.807, 2.05) is 0 Å². The van der Waals surface area contributed by atoms with Crippen LogP contribution in [-0.4, -0.2) is 24.7 Å². The van der Waals surface area contributed by atoms with Gasteiger partial charge in [-0.2, -0.15) is 0 Å². The number of carboxylic acids is 1. The molecular formula is C7H14BrNO2. The average Bonchev–Trinajstić information content (AvgIpc) is 1.77. The fraction of sp³-hybridized carbons (Fsp3) is 0.857. The molecule has 3 nitrogen and oxygen atoms in total. The highest BCUT2D eigenvalue weighted by molar-refractivity contribution is 8.93. The Labute approximate surface area is 76.9 Å². The van der Waals surface area contributed by atoms with Gasteiger partial charge < -0.3 is 10.4 Å². The minimum absolute atomic E-state index is 0. The summed E-state index contributed by atoms with van der Waals surface area (Å²) in [6, 6.07) is 0. The highest BCUT2D eigenvalue weighted by Crippen LogP contribution is 2.40. The van der Waals surface area contributed by atoms with Gasteiger partial charge in [0.05, 0.1) is 5.41 Å². The second kappa shape index (κ2) is 4.07. The highest BCUT2D eigenvalue weighted by Gasteiger charge is 2.43. The van der Waals surface area contributed by atoms with Crippen molar-refractivity contribution in [3.8, 4) is 0 Å². The van der Waals surface area contributed by atoms with Crippen LogP contribution in [0.1, 0.15) is 19.3 Å². The molecule has 66 valence electrons. The van der Waals surface area contributed by atoms with Crippen molar-refractivity contribution in [1.29, 1.82) is 0 Å². The molecule has 11 heavy (non-hydrogen) atoms. The maximum Gasteiger partial charge on any atom is 0.310 e. The Morgan fingerprint density at radius 3 is 2.27 bits per heavy atom. The molecule has 0 amide bonds. The first kappa shape index (κ1) is 10.9. The average molecular weight is 224 g/mol. The van der Waals surface area contributed by atoms with Crippen molar-refractivity contribution < 1.29 is 9.90 Å². The number of hydrogen-bond acceptors (Lipinski definition) is 2. The fourth-order valence-electron chi connectivity index (χ4n) is 1.41. The molecule has 0 spiro atoms. The molecule has 0 radical (unpaired) electrons. The van der Waals surface area contributed by atoms with E-state index in [9.17, 15) is 4.79 Å². The summed E-state index contributed by atoms with van der Waals surface area (Å²) in [5.41, 5.74) is -0.422. The summed E-state index contributed by atoms with van der Waals surface area (Å²) in [7, 11) is 1.79. The van der Waals surface area contributed by atoms with Crippen molar-refractivity contribution in [3.63, 3.8) is 0 Å². The van der Waals surface area contributed by atoms with Gasteiger partial charge in [0.15, 0.2) is 0 Å². The van der Waals surface area contributed by atoms with Crippen LogP contribution >= 0.6 is 17.0 Å². The van der Waals surface area contributed by atoms with Gasteiger partial charge in [0.2, 0.25) is 0 Å². The third-order valence-corrected chi connectivity index (χ3v) is 2.28. The van der Waals surface area contributed by atoms with Crippen molar-refractivity contribution in [1.82, 2.24) is 5.32 Å². The monoisotopic (exact) mass is 223 g/mol. The van der Waals surface area contributed by atoms with Crippen LogP contribution < -0.4 is 5.32 Å². The summed E-state index contributed by atoms with van der Waals surface area (Å²) >= 11 is 0. The molecule has 1 aliphatic rings. The number of hydrogen-bond donors (Lipinski definition) is 2. The predicted octanol–water partition coefficient (Wildman–Crippen LogP) is 1.04. The van der Waals surface area contributed by atoms with E-state index in [0.717, 1.165) is 19.3 Å². The first-order valence-electron chi connectivity index (χ1n) is 3.59. The zero-order chi connectivity index (χ0) is 7.61. The number of halogens is 1. The second-order valence-electron chi connectivity index (χ2n) is 2.97. The smallest absolute Gasteiger partial charge is 0.310 e. The Kier molecular flexibility index (Phi) is 4.03. The Morgan fingerprint density at radius 1 is 1.64 bits per heavy atom. The molecule has 2 N–H and O–H groups in total. The van der Waals surface area contributed by atoms with E-state index in [1.165, 1.54) is 0 Å². The third-order valence-electron chi connectivity index (χ3n) is 2.28. The van der Waals surface area contributed by atoms with Gasteiger partial charge in [-0.25, -0.2) is 0 Å². The van der Waals surface area contributed by atoms with Crippen molar-refractivity contribution in [3.05, 3.63) is 0 Å². The maximum atomic E-state index is 10.7. The lowest BCUT2D eigenvalue weighted by atomic mass is 9.69. The van der Waals surface area contributed by atoms with E-state index in [4.69, 9.17) is 5.11 Å². The van der Waals surface area contributed by atoms with Gasteiger partial charge in [-0.15, -0.1) is 17.0 Å². The zero-order valence-electron chi connectivity index (χ0n) is 6.59. The molecule has 1 saturated carbocycles. The van der Waals surface area contributed by atoms with Gasteiger partial charge in [-0.3, -0.25) is 4.79 Å². The van der Waals surface area contributed by atoms with Crippen LogP contribution in [0.25, 0.3) is 0 Å². The molecule has 0 aromatic carbocycles. The predicted molar refractivity (Wildman–Crippen MR) is 48.2 cm³/mol. The summed E-state index contributed by atoms with van der Waals surface area (Å²) < 4.78 is 0. The van der Waals surface area contributed by atoms with E-state index < -0.39 is 11.4 Å². The number of aliphatic carboxylic acids is 1. The number of carboxylic acid groups (broad SMARTS) is 1. The van der Waals surface area contributed by atoms with Crippen molar-refractivity contribution >= 4 is 23.0 Å². The lowest BCUT2D eigenvalue weighted by molar-refractivity contribution is -0.153. The summed E-state index contributed by atoms with van der Waals surface area (Å²) in [5.74, 6) is -0.645. The number of carbonyl (C=O) groups is 1. The molecule has 0 aromatic heterocycles. The Balaban J connectivity index is 0.000001000. The summed E-state index contributed by atoms with van der Waals surface area (Å²) in [6.07, 6.45) is 2.74. The number of nitrogens with one attached hydrogen (secondary N) is 1. The van der Waals surface area contributed by atoms with E-state index in [-0.39, 0.29) is 17.0 Å². The molecule has 0 aromatic rings. The molecule has 1 aliphatic carbocycles. The van der Waals surface area contributed by atoms with Crippen molar-refractivity contribution in [2.24, 2.45) is 5.41 Å².